The van der Waals surface area contributed by atoms with Crippen molar-refractivity contribution < 1.29 is 0 Å². The zero-order chi connectivity index (χ0) is 14.5. The van der Waals surface area contributed by atoms with Crippen LogP contribution >= 0.6 is 15.9 Å². The predicted octanol–water partition coefficient (Wildman–Crippen LogP) is 3.28. The van der Waals surface area contributed by atoms with Crippen LogP contribution in [0.25, 0.3) is 0 Å². The van der Waals surface area contributed by atoms with Crippen molar-refractivity contribution in [2.75, 3.05) is 13.1 Å². The number of nitriles is 1. The van der Waals surface area contributed by atoms with Crippen molar-refractivity contribution >= 4 is 15.9 Å². The fraction of sp³-hybridized carbons (Fsp3) is 0.562. The van der Waals surface area contributed by atoms with Gasteiger partial charge in [0, 0.05) is 23.1 Å². The standard InChI is InChI=1S/C16H22BrN3/c1-12(2)19-15-5-7-20(8-6-15)11-14-4-3-13(10-18)9-16(14)17/h3-4,9,12,15,19H,5-8,11H2,1-2H3. The number of piperidine rings is 1. The number of halogens is 1. The topological polar surface area (TPSA) is 39.1 Å². The first-order valence-electron chi connectivity index (χ1n) is 7.25. The number of nitrogens with one attached hydrogen (secondary N) is 1. The fourth-order valence-corrected chi connectivity index (χ4v) is 3.22. The first-order valence-corrected chi connectivity index (χ1v) is 8.04. The molecule has 0 radical (unpaired) electrons. The summed E-state index contributed by atoms with van der Waals surface area (Å²) >= 11 is 3.57. The minimum Gasteiger partial charge on any atom is -0.312 e. The molecule has 0 aromatic heterocycles. The normalized spacial score (nSPS) is 17.4. The molecule has 1 saturated heterocycles. The number of likely N-dealkylation sites (tertiary alicyclic amines) is 1. The molecule has 1 aliphatic heterocycles. The summed E-state index contributed by atoms with van der Waals surface area (Å²) in [7, 11) is 0. The van der Waals surface area contributed by atoms with Gasteiger partial charge in [-0.05, 0) is 43.6 Å². The lowest BCUT2D eigenvalue weighted by Gasteiger charge is -2.33. The van der Waals surface area contributed by atoms with Crippen molar-refractivity contribution in [1.82, 2.24) is 10.2 Å². The van der Waals surface area contributed by atoms with E-state index in [2.05, 4.69) is 52.1 Å². The van der Waals surface area contributed by atoms with Gasteiger partial charge < -0.3 is 5.32 Å². The largest absolute Gasteiger partial charge is 0.312 e. The first kappa shape index (κ1) is 15.5. The third-order valence-corrected chi connectivity index (χ3v) is 4.47. The van der Waals surface area contributed by atoms with Crippen molar-refractivity contribution in [3.05, 3.63) is 33.8 Å². The SMILES string of the molecule is CC(C)NC1CCN(Cc2ccc(C#N)cc2Br)CC1. The van der Waals surface area contributed by atoms with Crippen molar-refractivity contribution in [2.45, 2.75) is 45.3 Å². The maximum atomic E-state index is 8.89. The Balaban J connectivity index is 1.88. The van der Waals surface area contributed by atoms with Gasteiger partial charge in [0.15, 0.2) is 0 Å². The van der Waals surface area contributed by atoms with Crippen molar-refractivity contribution in [3.63, 3.8) is 0 Å². The van der Waals surface area contributed by atoms with Crippen molar-refractivity contribution in [3.8, 4) is 6.07 Å². The van der Waals surface area contributed by atoms with Crippen molar-refractivity contribution in [2.24, 2.45) is 0 Å². The lowest BCUT2D eigenvalue weighted by atomic mass is 10.0. The average Bonchev–Trinajstić information content (AvgIpc) is 2.42. The summed E-state index contributed by atoms with van der Waals surface area (Å²) < 4.78 is 1.04. The minimum atomic E-state index is 0.569. The Labute approximate surface area is 130 Å². The first-order chi connectivity index (χ1) is 9.58. The molecule has 1 N–H and O–H groups in total. The molecule has 0 saturated carbocycles. The molecule has 2 rings (SSSR count). The van der Waals surface area contributed by atoms with E-state index in [1.54, 1.807) is 0 Å². The number of nitrogens with zero attached hydrogens (tertiary/aromatic N) is 2. The van der Waals surface area contributed by atoms with Gasteiger partial charge in [0.05, 0.1) is 11.6 Å². The fourth-order valence-electron chi connectivity index (χ4n) is 2.72. The molecule has 1 aliphatic rings. The molecule has 108 valence electrons. The average molecular weight is 336 g/mol. The van der Waals surface area contributed by atoms with Gasteiger partial charge in [-0.25, -0.2) is 0 Å². The van der Waals surface area contributed by atoms with Crippen LogP contribution in [0.4, 0.5) is 0 Å². The molecule has 1 fully saturated rings. The molecule has 0 aliphatic carbocycles. The summed E-state index contributed by atoms with van der Waals surface area (Å²) in [6, 6.07) is 9.26. The highest BCUT2D eigenvalue weighted by Crippen LogP contribution is 2.22. The zero-order valence-corrected chi connectivity index (χ0v) is 13.8. The third kappa shape index (κ3) is 4.31. The Morgan fingerprint density at radius 3 is 2.65 bits per heavy atom. The van der Waals surface area contributed by atoms with E-state index in [1.165, 1.54) is 18.4 Å². The molecule has 0 spiro atoms. The van der Waals surface area contributed by atoms with Crippen LogP contribution in [0.15, 0.2) is 22.7 Å². The maximum absolute atomic E-state index is 8.89. The van der Waals surface area contributed by atoms with E-state index < -0.39 is 0 Å². The predicted molar refractivity (Wildman–Crippen MR) is 85.4 cm³/mol. The number of hydrogen-bond donors (Lipinski definition) is 1. The van der Waals surface area contributed by atoms with Gasteiger partial charge in [-0.2, -0.15) is 5.26 Å². The minimum absolute atomic E-state index is 0.569. The second-order valence-electron chi connectivity index (χ2n) is 5.79. The molecule has 20 heavy (non-hydrogen) atoms. The number of hydrogen-bond acceptors (Lipinski definition) is 3. The summed E-state index contributed by atoms with van der Waals surface area (Å²) in [6.07, 6.45) is 2.43. The van der Waals surface area contributed by atoms with Crippen LogP contribution in [0.3, 0.4) is 0 Å². The van der Waals surface area contributed by atoms with Crippen LogP contribution in [0, 0.1) is 11.3 Å². The monoisotopic (exact) mass is 335 g/mol. The molecule has 1 aromatic rings. The third-order valence-electron chi connectivity index (χ3n) is 3.73. The quantitative estimate of drug-likeness (QED) is 0.917. The number of benzene rings is 1. The van der Waals surface area contributed by atoms with Gasteiger partial charge in [0.2, 0.25) is 0 Å². The Kier molecular flexibility index (Phi) is 5.59. The van der Waals surface area contributed by atoms with E-state index in [4.69, 9.17) is 5.26 Å². The van der Waals surface area contributed by atoms with E-state index in [0.717, 1.165) is 24.1 Å². The molecule has 4 heteroatoms. The highest BCUT2D eigenvalue weighted by molar-refractivity contribution is 9.10. The van der Waals surface area contributed by atoms with Gasteiger partial charge in [-0.3, -0.25) is 4.90 Å². The lowest BCUT2D eigenvalue weighted by Crippen LogP contribution is -2.44. The second-order valence-corrected chi connectivity index (χ2v) is 6.64. The van der Waals surface area contributed by atoms with Crippen LogP contribution in [0.2, 0.25) is 0 Å². The second kappa shape index (κ2) is 7.21. The summed E-state index contributed by atoms with van der Waals surface area (Å²) in [5.74, 6) is 0. The van der Waals surface area contributed by atoms with Crippen LogP contribution in [0.5, 0.6) is 0 Å². The van der Waals surface area contributed by atoms with Gasteiger partial charge >= 0.3 is 0 Å². The Hall–Kier alpha value is -0.890. The Morgan fingerprint density at radius 1 is 1.40 bits per heavy atom. The molecular formula is C16H22BrN3. The summed E-state index contributed by atoms with van der Waals surface area (Å²) in [5.41, 5.74) is 1.97. The highest BCUT2D eigenvalue weighted by Gasteiger charge is 2.19. The van der Waals surface area contributed by atoms with Gasteiger partial charge in [0.1, 0.15) is 0 Å². The highest BCUT2D eigenvalue weighted by atomic mass is 79.9. The maximum Gasteiger partial charge on any atom is 0.0992 e. The smallest absolute Gasteiger partial charge is 0.0992 e. The molecule has 1 heterocycles. The molecule has 1 aromatic carbocycles. The Morgan fingerprint density at radius 2 is 2.10 bits per heavy atom. The van der Waals surface area contributed by atoms with Crippen molar-refractivity contribution in [1.29, 1.82) is 5.26 Å². The molecule has 3 nitrogen and oxygen atoms in total. The number of rotatable bonds is 4. The van der Waals surface area contributed by atoms with E-state index >= 15 is 0 Å². The zero-order valence-electron chi connectivity index (χ0n) is 12.2. The van der Waals surface area contributed by atoms with E-state index in [-0.39, 0.29) is 0 Å². The molecule has 0 bridgehead atoms. The lowest BCUT2D eigenvalue weighted by molar-refractivity contribution is 0.186. The van der Waals surface area contributed by atoms with E-state index in [0.29, 0.717) is 17.6 Å². The molecule has 0 amide bonds. The van der Waals surface area contributed by atoms with Gasteiger partial charge in [-0.15, -0.1) is 0 Å². The van der Waals surface area contributed by atoms with Crippen LogP contribution in [-0.2, 0) is 6.54 Å². The van der Waals surface area contributed by atoms with Gasteiger partial charge in [0.25, 0.3) is 0 Å². The van der Waals surface area contributed by atoms with Gasteiger partial charge in [-0.1, -0.05) is 35.8 Å². The molecule has 0 unspecified atom stereocenters. The van der Waals surface area contributed by atoms with Crippen LogP contribution < -0.4 is 5.32 Å². The Bertz CT molecular complexity index is 485. The van der Waals surface area contributed by atoms with E-state index in [9.17, 15) is 0 Å². The summed E-state index contributed by atoms with van der Waals surface area (Å²) in [4.78, 5) is 2.49. The summed E-state index contributed by atoms with van der Waals surface area (Å²) in [5, 5.41) is 12.5. The molecule has 0 atom stereocenters. The molecular weight excluding hydrogens is 314 g/mol. The van der Waals surface area contributed by atoms with E-state index in [1.807, 2.05) is 12.1 Å². The van der Waals surface area contributed by atoms with Crippen LogP contribution in [0.1, 0.15) is 37.8 Å². The van der Waals surface area contributed by atoms with Crippen LogP contribution in [-0.4, -0.2) is 30.1 Å². The summed E-state index contributed by atoms with van der Waals surface area (Å²) in [6.45, 7) is 7.65.